The van der Waals surface area contributed by atoms with Crippen LogP contribution in [0, 0.1) is 5.92 Å². The van der Waals surface area contributed by atoms with E-state index in [2.05, 4.69) is 0 Å². The molecule has 1 N–H and O–H groups in total. The molecule has 2 atom stereocenters. The summed E-state index contributed by atoms with van der Waals surface area (Å²) in [6, 6.07) is 6.20. The number of aliphatic hydroxyl groups is 1. The van der Waals surface area contributed by atoms with Gasteiger partial charge in [-0.2, -0.15) is 0 Å². The largest absolute Gasteiger partial charge is 0.491 e. The lowest BCUT2D eigenvalue weighted by Crippen LogP contribution is -2.19. The Kier molecular flexibility index (Phi) is 13.2. The van der Waals surface area contributed by atoms with Crippen molar-refractivity contribution in [3.8, 4) is 5.75 Å². The van der Waals surface area contributed by atoms with Crippen LogP contribution >= 0.6 is 0 Å². The number of carbonyl (C=O) groups is 2. The number of carbonyl (C=O) groups excluding carboxylic acids is 2. The van der Waals surface area contributed by atoms with Gasteiger partial charge in [0, 0.05) is 18.6 Å². The molecule has 0 saturated heterocycles. The summed E-state index contributed by atoms with van der Waals surface area (Å²) in [6.45, 7) is 3.89. The number of esters is 1. The van der Waals surface area contributed by atoms with Crippen molar-refractivity contribution in [3.63, 3.8) is 0 Å². The minimum Gasteiger partial charge on any atom is -0.491 e. The second kappa shape index (κ2) is 15.0. The van der Waals surface area contributed by atoms with E-state index in [0.29, 0.717) is 31.6 Å². The molecule has 0 aliphatic heterocycles. The van der Waals surface area contributed by atoms with Crippen molar-refractivity contribution in [1.82, 2.24) is 0 Å². The molecule has 0 heterocycles. The third-order valence-corrected chi connectivity index (χ3v) is 6.44. The van der Waals surface area contributed by atoms with Crippen molar-refractivity contribution in [2.75, 3.05) is 19.5 Å². The molecule has 0 amide bonds. The number of Topliss-reactive ketones (excluding diaryl/α,β-unsaturated/α-hetero) is 1. The number of ketones is 1. The summed E-state index contributed by atoms with van der Waals surface area (Å²) in [5.74, 6) is 0.399. The fourth-order valence-electron chi connectivity index (χ4n) is 3.47. The maximum absolute atomic E-state index is 11.9. The normalized spacial score (nSPS) is 13.4. The van der Waals surface area contributed by atoms with Gasteiger partial charge in [-0.3, -0.25) is 9.59 Å². The quantitative estimate of drug-likeness (QED) is 0.270. The highest BCUT2D eigenvalue weighted by Gasteiger charge is 2.15. The molecular weight excluding hydrogens is 432 g/mol. The zero-order valence-electron chi connectivity index (χ0n) is 19.5. The summed E-state index contributed by atoms with van der Waals surface area (Å²) in [5, 5.41) is 10.2. The number of aliphatic hydroxyl groups excluding tert-OH is 1. The summed E-state index contributed by atoms with van der Waals surface area (Å²) in [7, 11) is -3.31. The number of benzene rings is 1. The summed E-state index contributed by atoms with van der Waals surface area (Å²) in [4.78, 5) is 23.4. The van der Waals surface area contributed by atoms with Crippen molar-refractivity contribution in [2.45, 2.75) is 82.6 Å². The van der Waals surface area contributed by atoms with Crippen molar-refractivity contribution >= 4 is 21.6 Å². The van der Waals surface area contributed by atoms with E-state index in [1.165, 1.54) is 12.1 Å². The summed E-state index contributed by atoms with van der Waals surface area (Å²) < 4.78 is 33.7. The topological polar surface area (TPSA) is 107 Å². The predicted molar refractivity (Wildman–Crippen MR) is 123 cm³/mol. The molecule has 0 bridgehead atoms. The van der Waals surface area contributed by atoms with Gasteiger partial charge in [-0.05, 0) is 57.7 Å². The first-order valence-corrected chi connectivity index (χ1v) is 13.3. The SMILES string of the molecule is CCOC(=O)CCCCCCC(CCCC(O)COc1cccc(S(C)(=O)=O)c1)C(C)=O. The van der Waals surface area contributed by atoms with Gasteiger partial charge in [-0.25, -0.2) is 8.42 Å². The van der Waals surface area contributed by atoms with E-state index in [-0.39, 0.29) is 29.2 Å². The molecule has 0 aliphatic rings. The van der Waals surface area contributed by atoms with Crippen LogP contribution in [0.5, 0.6) is 5.75 Å². The van der Waals surface area contributed by atoms with E-state index < -0.39 is 15.9 Å². The molecule has 1 rings (SSSR count). The molecule has 1 aromatic carbocycles. The molecule has 0 spiro atoms. The van der Waals surface area contributed by atoms with Gasteiger partial charge in [-0.15, -0.1) is 0 Å². The first kappa shape index (κ1) is 28.1. The lowest BCUT2D eigenvalue weighted by atomic mass is 9.91. The molecule has 32 heavy (non-hydrogen) atoms. The van der Waals surface area contributed by atoms with E-state index in [0.717, 1.165) is 44.8 Å². The van der Waals surface area contributed by atoms with Gasteiger partial charge in [0.05, 0.1) is 17.6 Å². The molecule has 0 saturated carbocycles. The molecular formula is C24H38O7S. The highest BCUT2D eigenvalue weighted by atomic mass is 32.2. The fourth-order valence-corrected chi connectivity index (χ4v) is 4.12. The zero-order chi connectivity index (χ0) is 24.0. The molecule has 0 aliphatic carbocycles. The molecule has 0 aromatic heterocycles. The first-order valence-electron chi connectivity index (χ1n) is 11.4. The summed E-state index contributed by atoms with van der Waals surface area (Å²) in [5.41, 5.74) is 0. The van der Waals surface area contributed by atoms with Gasteiger partial charge in [0.25, 0.3) is 0 Å². The van der Waals surface area contributed by atoms with Gasteiger partial charge >= 0.3 is 5.97 Å². The standard InChI is InChI=1S/C24H38O7S/c1-4-30-24(27)16-8-6-5-7-11-20(19(2)25)12-9-13-21(26)18-31-22-14-10-15-23(17-22)32(3,28)29/h10,14-15,17,20-21,26H,4-9,11-13,16,18H2,1-3H3. The van der Waals surface area contributed by atoms with Crippen LogP contribution in [0.15, 0.2) is 29.2 Å². The predicted octanol–water partition coefficient (Wildman–Crippen LogP) is 4.11. The number of rotatable bonds is 17. The molecule has 2 unspecified atom stereocenters. The van der Waals surface area contributed by atoms with Crippen LogP contribution in [0.4, 0.5) is 0 Å². The molecule has 182 valence electrons. The minimum absolute atomic E-state index is 0.0142. The highest BCUT2D eigenvalue weighted by molar-refractivity contribution is 7.90. The monoisotopic (exact) mass is 470 g/mol. The van der Waals surface area contributed by atoms with Crippen LogP contribution in [0.25, 0.3) is 0 Å². The maximum Gasteiger partial charge on any atom is 0.305 e. The molecule has 1 aromatic rings. The van der Waals surface area contributed by atoms with Crippen LogP contribution in [0.3, 0.4) is 0 Å². The Morgan fingerprint density at radius 3 is 2.38 bits per heavy atom. The van der Waals surface area contributed by atoms with Crippen LogP contribution in [-0.2, 0) is 24.2 Å². The molecule has 0 radical (unpaired) electrons. The van der Waals surface area contributed by atoms with Gasteiger partial charge < -0.3 is 14.6 Å². The van der Waals surface area contributed by atoms with Crippen molar-refractivity contribution in [2.24, 2.45) is 5.92 Å². The Balaban J connectivity index is 2.26. The van der Waals surface area contributed by atoms with E-state index in [1.807, 2.05) is 0 Å². The third-order valence-electron chi connectivity index (χ3n) is 5.33. The van der Waals surface area contributed by atoms with E-state index in [9.17, 15) is 23.1 Å². The summed E-state index contributed by atoms with van der Waals surface area (Å²) >= 11 is 0. The van der Waals surface area contributed by atoms with Crippen molar-refractivity contribution < 1.29 is 32.6 Å². The fraction of sp³-hybridized carbons (Fsp3) is 0.667. The second-order valence-corrected chi connectivity index (χ2v) is 10.2. The van der Waals surface area contributed by atoms with Crippen LogP contribution in [0.2, 0.25) is 0 Å². The zero-order valence-corrected chi connectivity index (χ0v) is 20.4. The lowest BCUT2D eigenvalue weighted by molar-refractivity contribution is -0.143. The van der Waals surface area contributed by atoms with Gasteiger partial charge in [0.2, 0.25) is 0 Å². The Morgan fingerprint density at radius 1 is 1.03 bits per heavy atom. The maximum atomic E-state index is 11.9. The first-order chi connectivity index (χ1) is 15.1. The van der Waals surface area contributed by atoms with Gasteiger partial charge in [0.15, 0.2) is 9.84 Å². The van der Waals surface area contributed by atoms with Gasteiger partial charge in [0.1, 0.15) is 18.1 Å². The van der Waals surface area contributed by atoms with Crippen LogP contribution < -0.4 is 4.74 Å². The Morgan fingerprint density at radius 2 is 1.72 bits per heavy atom. The van der Waals surface area contributed by atoms with Crippen molar-refractivity contribution in [1.29, 1.82) is 0 Å². The second-order valence-electron chi connectivity index (χ2n) is 8.21. The molecule has 7 nitrogen and oxygen atoms in total. The van der Waals surface area contributed by atoms with E-state index in [4.69, 9.17) is 9.47 Å². The Labute approximate surface area is 192 Å². The number of ether oxygens (including phenoxy) is 2. The highest BCUT2D eigenvalue weighted by Crippen LogP contribution is 2.21. The number of hydrogen-bond donors (Lipinski definition) is 1. The Bertz CT molecular complexity index is 804. The van der Waals surface area contributed by atoms with Crippen LogP contribution in [-0.4, -0.2) is 50.9 Å². The third kappa shape index (κ3) is 12.2. The van der Waals surface area contributed by atoms with Gasteiger partial charge in [-0.1, -0.05) is 31.7 Å². The van der Waals surface area contributed by atoms with E-state index in [1.54, 1.807) is 26.0 Å². The smallest absolute Gasteiger partial charge is 0.305 e. The number of unbranched alkanes of at least 4 members (excludes halogenated alkanes) is 3. The average molecular weight is 471 g/mol. The molecule has 0 fully saturated rings. The average Bonchev–Trinajstić information content (AvgIpc) is 2.73. The summed E-state index contributed by atoms with van der Waals surface area (Å²) in [6.07, 6.45) is 7.32. The van der Waals surface area contributed by atoms with E-state index >= 15 is 0 Å². The van der Waals surface area contributed by atoms with Crippen LogP contribution in [0.1, 0.15) is 71.6 Å². The minimum atomic E-state index is -3.31. The van der Waals surface area contributed by atoms with Crippen molar-refractivity contribution in [3.05, 3.63) is 24.3 Å². The number of sulfone groups is 1. The number of hydrogen-bond acceptors (Lipinski definition) is 7. The molecule has 8 heteroatoms. The Hall–Kier alpha value is -1.93. The lowest BCUT2D eigenvalue weighted by Gasteiger charge is -2.16.